The Morgan fingerprint density at radius 1 is 1.44 bits per heavy atom. The molecular weight excluding hydrogens is 294 g/mol. The Hall–Kier alpha value is -1.03. The molecule has 1 aliphatic rings. The van der Waals surface area contributed by atoms with Crippen LogP contribution in [0.4, 0.5) is 5.69 Å². The fourth-order valence-corrected chi connectivity index (χ4v) is 3.24. The summed E-state index contributed by atoms with van der Waals surface area (Å²) in [6.45, 7) is 3.97. The minimum absolute atomic E-state index is 0.308. The van der Waals surface area contributed by atoms with Gasteiger partial charge in [0.05, 0.1) is 5.69 Å². The van der Waals surface area contributed by atoms with E-state index in [9.17, 15) is 4.79 Å². The number of hydrogen-bond donors (Lipinski definition) is 1. The molecule has 1 aromatic carbocycles. The van der Waals surface area contributed by atoms with Crippen LogP contribution >= 0.6 is 15.9 Å². The number of aliphatic carboxylic acids is 1. The number of carboxylic acid groups (broad SMARTS) is 1. The smallest absolute Gasteiger partial charge is 0.303 e. The molecule has 1 heterocycles. The number of rotatable bonds is 3. The first-order chi connectivity index (χ1) is 8.56. The monoisotopic (exact) mass is 311 g/mol. The highest BCUT2D eigenvalue weighted by Gasteiger charge is 2.22. The first-order valence-corrected chi connectivity index (χ1v) is 7.08. The zero-order valence-electron chi connectivity index (χ0n) is 10.5. The van der Waals surface area contributed by atoms with Crippen molar-refractivity contribution in [3.63, 3.8) is 0 Å². The number of halogens is 1. The SMILES string of the molecule is Cc1ccc(N2CCC(CC(=O)O)CC2)c(Br)c1. The molecule has 1 saturated heterocycles. The molecule has 98 valence electrons. The molecule has 1 fully saturated rings. The Labute approximate surface area is 116 Å². The first-order valence-electron chi connectivity index (χ1n) is 6.29. The summed E-state index contributed by atoms with van der Waals surface area (Å²) in [6.07, 6.45) is 2.24. The van der Waals surface area contributed by atoms with E-state index >= 15 is 0 Å². The summed E-state index contributed by atoms with van der Waals surface area (Å²) < 4.78 is 1.12. The number of carboxylic acids is 1. The van der Waals surface area contributed by atoms with E-state index in [1.807, 2.05) is 0 Å². The lowest BCUT2D eigenvalue weighted by molar-refractivity contribution is -0.138. The normalized spacial score (nSPS) is 16.9. The van der Waals surface area contributed by atoms with Crippen LogP contribution in [0.15, 0.2) is 22.7 Å². The van der Waals surface area contributed by atoms with Gasteiger partial charge in [0, 0.05) is 24.0 Å². The highest BCUT2D eigenvalue weighted by atomic mass is 79.9. The highest BCUT2D eigenvalue weighted by molar-refractivity contribution is 9.10. The van der Waals surface area contributed by atoms with Gasteiger partial charge in [-0.1, -0.05) is 6.07 Å². The van der Waals surface area contributed by atoms with Gasteiger partial charge in [-0.05, 0) is 59.3 Å². The Morgan fingerprint density at radius 2 is 2.11 bits per heavy atom. The molecule has 0 unspecified atom stereocenters. The summed E-state index contributed by atoms with van der Waals surface area (Å²) in [5, 5.41) is 8.80. The van der Waals surface area contributed by atoms with Crippen LogP contribution in [0.2, 0.25) is 0 Å². The van der Waals surface area contributed by atoms with Gasteiger partial charge >= 0.3 is 5.97 Å². The highest BCUT2D eigenvalue weighted by Crippen LogP contribution is 2.31. The molecule has 18 heavy (non-hydrogen) atoms. The lowest BCUT2D eigenvalue weighted by Gasteiger charge is -2.33. The average molecular weight is 312 g/mol. The summed E-state index contributed by atoms with van der Waals surface area (Å²) in [5.74, 6) is -0.340. The third-order valence-electron chi connectivity index (χ3n) is 3.52. The van der Waals surface area contributed by atoms with Gasteiger partial charge in [-0.15, -0.1) is 0 Å². The van der Waals surface area contributed by atoms with Gasteiger partial charge < -0.3 is 10.0 Å². The molecule has 4 heteroatoms. The summed E-state index contributed by atoms with van der Waals surface area (Å²) in [7, 11) is 0. The first kappa shape index (κ1) is 13.4. The molecule has 1 N–H and O–H groups in total. The largest absolute Gasteiger partial charge is 0.481 e. The summed E-state index contributed by atoms with van der Waals surface area (Å²) in [4.78, 5) is 13.0. The third-order valence-corrected chi connectivity index (χ3v) is 4.16. The molecule has 1 aromatic rings. The van der Waals surface area contributed by atoms with Crippen LogP contribution in [0.3, 0.4) is 0 Å². The van der Waals surface area contributed by atoms with E-state index in [-0.39, 0.29) is 0 Å². The van der Waals surface area contributed by atoms with Crippen LogP contribution < -0.4 is 4.90 Å². The van der Waals surface area contributed by atoms with Crippen molar-refractivity contribution in [2.75, 3.05) is 18.0 Å². The number of anilines is 1. The molecule has 0 radical (unpaired) electrons. The number of benzene rings is 1. The summed E-state index contributed by atoms with van der Waals surface area (Å²) in [5.41, 5.74) is 2.46. The predicted octanol–water partition coefficient (Wildman–Crippen LogP) is 3.45. The molecule has 2 rings (SSSR count). The maximum Gasteiger partial charge on any atom is 0.303 e. The van der Waals surface area contributed by atoms with E-state index in [1.54, 1.807) is 0 Å². The van der Waals surface area contributed by atoms with Crippen LogP contribution in [-0.4, -0.2) is 24.2 Å². The maximum absolute atomic E-state index is 10.7. The van der Waals surface area contributed by atoms with Crippen molar-refractivity contribution in [2.45, 2.75) is 26.2 Å². The lowest BCUT2D eigenvalue weighted by atomic mass is 9.93. The number of aryl methyl sites for hydroxylation is 1. The Bertz CT molecular complexity index is 439. The zero-order valence-corrected chi connectivity index (χ0v) is 12.1. The Kier molecular flexibility index (Phi) is 4.27. The average Bonchev–Trinajstić information content (AvgIpc) is 2.30. The van der Waals surface area contributed by atoms with Gasteiger partial charge in [-0.3, -0.25) is 4.79 Å². The molecule has 0 saturated carbocycles. The van der Waals surface area contributed by atoms with E-state index < -0.39 is 5.97 Å². The zero-order chi connectivity index (χ0) is 13.1. The minimum atomic E-state index is -0.676. The molecule has 0 aromatic heterocycles. The van der Waals surface area contributed by atoms with Crippen molar-refractivity contribution in [1.29, 1.82) is 0 Å². The van der Waals surface area contributed by atoms with Gasteiger partial charge in [0.25, 0.3) is 0 Å². The van der Waals surface area contributed by atoms with E-state index in [2.05, 4.69) is 46.0 Å². The molecule has 0 aliphatic carbocycles. The van der Waals surface area contributed by atoms with E-state index in [0.717, 1.165) is 30.4 Å². The van der Waals surface area contributed by atoms with Crippen LogP contribution in [0.1, 0.15) is 24.8 Å². The molecule has 0 amide bonds. The molecule has 0 spiro atoms. The second-order valence-electron chi connectivity index (χ2n) is 4.98. The fraction of sp³-hybridized carbons (Fsp3) is 0.500. The number of nitrogens with zero attached hydrogens (tertiary/aromatic N) is 1. The van der Waals surface area contributed by atoms with E-state index in [4.69, 9.17) is 5.11 Å². The standard InChI is InChI=1S/C14H18BrNO2/c1-10-2-3-13(12(15)8-10)16-6-4-11(5-7-16)9-14(17)18/h2-3,8,11H,4-7,9H2,1H3,(H,17,18). The number of carbonyl (C=O) groups is 1. The second-order valence-corrected chi connectivity index (χ2v) is 5.84. The topological polar surface area (TPSA) is 40.5 Å². The molecule has 0 atom stereocenters. The second kappa shape index (κ2) is 5.74. The van der Waals surface area contributed by atoms with Crippen molar-refractivity contribution in [1.82, 2.24) is 0 Å². The van der Waals surface area contributed by atoms with Gasteiger partial charge in [-0.25, -0.2) is 0 Å². The Balaban J connectivity index is 1.99. The summed E-state index contributed by atoms with van der Waals surface area (Å²) in [6, 6.07) is 6.37. The number of piperidine rings is 1. The molecule has 3 nitrogen and oxygen atoms in total. The van der Waals surface area contributed by atoms with Gasteiger partial charge in [0.2, 0.25) is 0 Å². The van der Waals surface area contributed by atoms with Crippen LogP contribution in [0, 0.1) is 12.8 Å². The maximum atomic E-state index is 10.7. The third kappa shape index (κ3) is 3.25. The lowest BCUT2D eigenvalue weighted by Crippen LogP contribution is -2.34. The van der Waals surface area contributed by atoms with E-state index in [1.165, 1.54) is 11.3 Å². The quantitative estimate of drug-likeness (QED) is 0.929. The van der Waals surface area contributed by atoms with Crippen molar-refractivity contribution in [3.8, 4) is 0 Å². The van der Waals surface area contributed by atoms with E-state index in [0.29, 0.717) is 12.3 Å². The van der Waals surface area contributed by atoms with Gasteiger partial charge in [0.1, 0.15) is 0 Å². The number of hydrogen-bond acceptors (Lipinski definition) is 2. The fourth-order valence-electron chi connectivity index (χ4n) is 2.49. The molecule has 1 aliphatic heterocycles. The Morgan fingerprint density at radius 3 is 2.67 bits per heavy atom. The molecule has 0 bridgehead atoms. The predicted molar refractivity (Wildman–Crippen MR) is 76.1 cm³/mol. The van der Waals surface area contributed by atoms with Crippen LogP contribution in [0.25, 0.3) is 0 Å². The van der Waals surface area contributed by atoms with Gasteiger partial charge in [-0.2, -0.15) is 0 Å². The van der Waals surface area contributed by atoms with Crippen molar-refractivity contribution < 1.29 is 9.90 Å². The van der Waals surface area contributed by atoms with Gasteiger partial charge in [0.15, 0.2) is 0 Å². The van der Waals surface area contributed by atoms with Crippen LogP contribution in [-0.2, 0) is 4.79 Å². The molecular formula is C14H18BrNO2. The van der Waals surface area contributed by atoms with Crippen molar-refractivity contribution in [3.05, 3.63) is 28.2 Å². The van der Waals surface area contributed by atoms with Crippen molar-refractivity contribution in [2.24, 2.45) is 5.92 Å². The summed E-state index contributed by atoms with van der Waals surface area (Å²) >= 11 is 3.60. The minimum Gasteiger partial charge on any atom is -0.481 e. The van der Waals surface area contributed by atoms with Crippen molar-refractivity contribution >= 4 is 27.6 Å². The van der Waals surface area contributed by atoms with Crippen LogP contribution in [0.5, 0.6) is 0 Å².